The lowest BCUT2D eigenvalue weighted by Crippen LogP contribution is -2.45. The van der Waals surface area contributed by atoms with Crippen LogP contribution >= 0.6 is 11.8 Å². The van der Waals surface area contributed by atoms with Crippen LogP contribution in [0.2, 0.25) is 0 Å². The number of hydrogen-bond donors (Lipinski definition) is 2. The van der Waals surface area contributed by atoms with Gasteiger partial charge in [0.05, 0.1) is 18.7 Å². The molecule has 0 unspecified atom stereocenters. The average molecular weight is 584 g/mol. The van der Waals surface area contributed by atoms with Gasteiger partial charge in [0.15, 0.2) is 0 Å². The van der Waals surface area contributed by atoms with Crippen molar-refractivity contribution in [3.63, 3.8) is 0 Å². The summed E-state index contributed by atoms with van der Waals surface area (Å²) in [6.45, 7) is 16.2. The van der Waals surface area contributed by atoms with Gasteiger partial charge < -0.3 is 34.0 Å². The number of nitrogens with zero attached hydrogens (tertiary/aromatic N) is 1. The first-order valence-electron chi connectivity index (χ1n) is 13.8. The number of thioether (sulfide) groups is 1. The van der Waals surface area contributed by atoms with Crippen LogP contribution in [0.4, 0.5) is 4.79 Å². The Kier molecular flexibility index (Phi) is 12.5. The van der Waals surface area contributed by atoms with Crippen molar-refractivity contribution in [2.45, 2.75) is 97.6 Å². The standard InChI is InChI=1S/C28H45N3O8S/c1-9-13-20(30-23(33)27(7)18-40-24(31-27)28(8,36-10-2)37-11-3)21-16-19(17-22(32)38-21)35-15-12-14-29-25(34)39-26(4,5)6/h16-17,20H,9-15,18H2,1-8H3,(H,29,34)(H,30,33)/t20-,27+/m1/s1. The Labute approximate surface area is 241 Å². The molecular formula is C28H45N3O8S. The summed E-state index contributed by atoms with van der Waals surface area (Å²) in [6.07, 6.45) is 1.29. The predicted molar refractivity (Wildman–Crippen MR) is 155 cm³/mol. The summed E-state index contributed by atoms with van der Waals surface area (Å²) in [4.78, 5) is 42.3. The van der Waals surface area contributed by atoms with E-state index < -0.39 is 34.7 Å². The molecule has 1 aliphatic rings. The maximum absolute atomic E-state index is 13.5. The molecule has 0 saturated carbocycles. The maximum Gasteiger partial charge on any atom is 0.407 e. The van der Waals surface area contributed by atoms with E-state index in [0.29, 0.717) is 54.9 Å². The van der Waals surface area contributed by atoms with Gasteiger partial charge in [-0.3, -0.25) is 9.79 Å². The summed E-state index contributed by atoms with van der Waals surface area (Å²) in [7, 11) is 0. The molecule has 226 valence electrons. The van der Waals surface area contributed by atoms with Gasteiger partial charge in [0.25, 0.3) is 0 Å². The molecule has 1 aliphatic heterocycles. The number of amides is 2. The summed E-state index contributed by atoms with van der Waals surface area (Å²) in [6, 6.07) is 2.32. The highest BCUT2D eigenvalue weighted by molar-refractivity contribution is 8.14. The van der Waals surface area contributed by atoms with Crippen molar-refractivity contribution in [1.29, 1.82) is 0 Å². The molecule has 0 aliphatic carbocycles. The quantitative estimate of drug-likeness (QED) is 0.224. The molecule has 2 rings (SSSR count). The van der Waals surface area contributed by atoms with Crippen LogP contribution in [-0.4, -0.2) is 66.1 Å². The van der Waals surface area contributed by atoms with E-state index in [0.717, 1.165) is 6.42 Å². The Morgan fingerprint density at radius 1 is 1.15 bits per heavy atom. The van der Waals surface area contributed by atoms with Crippen LogP contribution in [0.15, 0.2) is 26.3 Å². The van der Waals surface area contributed by atoms with E-state index >= 15 is 0 Å². The van der Waals surface area contributed by atoms with Gasteiger partial charge in [-0.25, -0.2) is 9.59 Å². The number of carbonyl (C=O) groups excluding carboxylic acids is 2. The molecule has 1 aromatic rings. The molecule has 0 radical (unpaired) electrons. The number of nitrogens with one attached hydrogen (secondary N) is 2. The van der Waals surface area contributed by atoms with E-state index in [-0.39, 0.29) is 12.5 Å². The highest BCUT2D eigenvalue weighted by atomic mass is 32.2. The lowest BCUT2D eigenvalue weighted by atomic mass is 10.0. The Morgan fingerprint density at radius 3 is 2.42 bits per heavy atom. The number of aliphatic imine (C=N–C) groups is 1. The number of hydrogen-bond acceptors (Lipinski definition) is 10. The average Bonchev–Trinajstić information content (AvgIpc) is 3.26. The van der Waals surface area contributed by atoms with Crippen molar-refractivity contribution in [3.8, 4) is 5.75 Å². The van der Waals surface area contributed by atoms with Gasteiger partial charge >= 0.3 is 11.7 Å². The van der Waals surface area contributed by atoms with Crippen LogP contribution < -0.4 is 21.0 Å². The SMILES string of the molecule is CCC[C@@H](NC(=O)[C@]1(C)CSC(C(C)(OCC)OCC)=N1)c1cc(OCCCNC(=O)OC(C)(C)C)cc(=O)o1. The Bertz CT molecular complexity index is 1080. The van der Waals surface area contributed by atoms with Gasteiger partial charge in [-0.1, -0.05) is 13.3 Å². The second-order valence-electron chi connectivity index (χ2n) is 10.8. The number of carbonyl (C=O) groups is 2. The molecule has 0 aromatic carbocycles. The molecule has 11 nitrogen and oxygen atoms in total. The second kappa shape index (κ2) is 14.9. The molecule has 0 bridgehead atoms. The van der Waals surface area contributed by atoms with Gasteiger partial charge in [-0.2, -0.15) is 0 Å². The highest BCUT2D eigenvalue weighted by Gasteiger charge is 2.45. The van der Waals surface area contributed by atoms with Crippen LogP contribution in [-0.2, 0) is 19.0 Å². The van der Waals surface area contributed by atoms with Crippen LogP contribution in [0.25, 0.3) is 0 Å². The largest absolute Gasteiger partial charge is 0.493 e. The molecule has 0 fully saturated rings. The van der Waals surface area contributed by atoms with Crippen molar-refractivity contribution in [2.24, 2.45) is 4.99 Å². The van der Waals surface area contributed by atoms with Crippen LogP contribution in [0.3, 0.4) is 0 Å². The molecular weight excluding hydrogens is 538 g/mol. The fourth-order valence-electron chi connectivity index (χ4n) is 3.95. The van der Waals surface area contributed by atoms with Crippen LogP contribution in [0.1, 0.15) is 86.5 Å². The third-order valence-corrected chi connectivity index (χ3v) is 7.24. The van der Waals surface area contributed by atoms with Crippen molar-refractivity contribution in [1.82, 2.24) is 10.6 Å². The van der Waals surface area contributed by atoms with Gasteiger partial charge in [0.1, 0.15) is 27.7 Å². The summed E-state index contributed by atoms with van der Waals surface area (Å²) >= 11 is 1.43. The Balaban J connectivity index is 2.07. The molecule has 2 atom stereocenters. The zero-order chi connectivity index (χ0) is 30.0. The molecule has 2 amide bonds. The minimum Gasteiger partial charge on any atom is -0.493 e. The highest BCUT2D eigenvalue weighted by Crippen LogP contribution is 2.36. The van der Waals surface area contributed by atoms with E-state index in [1.54, 1.807) is 33.8 Å². The Hall–Kier alpha value is -2.57. The summed E-state index contributed by atoms with van der Waals surface area (Å²) in [5, 5.41) is 6.30. The predicted octanol–water partition coefficient (Wildman–Crippen LogP) is 4.58. The Morgan fingerprint density at radius 2 is 1.82 bits per heavy atom. The number of ether oxygens (including phenoxy) is 4. The monoisotopic (exact) mass is 583 g/mol. The zero-order valence-corrected chi connectivity index (χ0v) is 25.8. The number of alkyl carbamates (subject to hydrolysis) is 1. The van der Waals surface area contributed by atoms with Crippen molar-refractivity contribution in [2.75, 3.05) is 32.1 Å². The van der Waals surface area contributed by atoms with Crippen LogP contribution in [0, 0.1) is 0 Å². The first kappa shape index (κ1) is 33.6. The number of rotatable bonds is 15. The van der Waals surface area contributed by atoms with Crippen molar-refractivity contribution in [3.05, 3.63) is 28.3 Å². The van der Waals surface area contributed by atoms with Crippen molar-refractivity contribution < 1.29 is 33.0 Å². The molecule has 12 heteroatoms. The summed E-state index contributed by atoms with van der Waals surface area (Å²) in [5.74, 6) is -0.253. The molecule has 0 saturated heterocycles. The lowest BCUT2D eigenvalue weighted by molar-refractivity contribution is -0.169. The first-order valence-corrected chi connectivity index (χ1v) is 14.8. The van der Waals surface area contributed by atoms with E-state index in [9.17, 15) is 14.4 Å². The smallest absolute Gasteiger partial charge is 0.407 e. The van der Waals surface area contributed by atoms with Crippen molar-refractivity contribution >= 4 is 28.8 Å². The second-order valence-corrected chi connectivity index (χ2v) is 11.7. The lowest BCUT2D eigenvalue weighted by Gasteiger charge is -2.28. The third-order valence-electron chi connectivity index (χ3n) is 5.80. The molecule has 0 spiro atoms. The molecule has 40 heavy (non-hydrogen) atoms. The maximum atomic E-state index is 13.5. The summed E-state index contributed by atoms with van der Waals surface area (Å²) < 4.78 is 28.1. The minimum absolute atomic E-state index is 0.259. The van der Waals surface area contributed by atoms with Crippen LogP contribution in [0.5, 0.6) is 5.75 Å². The van der Waals surface area contributed by atoms with Gasteiger partial charge in [-0.05, 0) is 61.3 Å². The third kappa shape index (κ3) is 10.1. The van der Waals surface area contributed by atoms with E-state index in [1.807, 2.05) is 27.7 Å². The minimum atomic E-state index is -1.04. The zero-order valence-electron chi connectivity index (χ0n) is 25.0. The van der Waals surface area contributed by atoms with E-state index in [1.165, 1.54) is 17.8 Å². The topological polar surface area (TPSA) is 138 Å². The van der Waals surface area contributed by atoms with E-state index in [2.05, 4.69) is 10.6 Å². The van der Waals surface area contributed by atoms with E-state index in [4.69, 9.17) is 28.4 Å². The fraction of sp³-hybridized carbons (Fsp3) is 0.714. The van der Waals surface area contributed by atoms with Gasteiger partial charge in [-0.15, -0.1) is 11.8 Å². The molecule has 2 heterocycles. The molecule has 2 N–H and O–H groups in total. The normalized spacial score (nSPS) is 18.1. The summed E-state index contributed by atoms with van der Waals surface area (Å²) in [5.41, 5.74) is -2.20. The van der Waals surface area contributed by atoms with Gasteiger partial charge in [0, 0.05) is 31.6 Å². The fourth-order valence-corrected chi connectivity index (χ4v) is 5.20. The first-order chi connectivity index (χ1) is 18.7. The molecule has 1 aromatic heterocycles. The van der Waals surface area contributed by atoms with Gasteiger partial charge in [0.2, 0.25) is 11.7 Å².